The summed E-state index contributed by atoms with van der Waals surface area (Å²) in [5, 5.41) is 0. The van der Waals surface area contributed by atoms with Gasteiger partial charge in [-0.3, -0.25) is 9.59 Å². The molecule has 1 aromatic carbocycles. The molecule has 1 atom stereocenters. The van der Waals surface area contributed by atoms with Gasteiger partial charge in [-0.2, -0.15) is 0 Å². The summed E-state index contributed by atoms with van der Waals surface area (Å²) in [7, 11) is 0. The molecule has 0 heterocycles. The van der Waals surface area contributed by atoms with E-state index >= 15 is 0 Å². The van der Waals surface area contributed by atoms with Gasteiger partial charge in [-0.1, -0.05) is 32.4 Å². The Bertz CT molecular complexity index is 473. The van der Waals surface area contributed by atoms with E-state index in [1.807, 2.05) is 13.8 Å². The van der Waals surface area contributed by atoms with Gasteiger partial charge in [0, 0.05) is 0 Å². The van der Waals surface area contributed by atoms with Crippen LogP contribution in [0.2, 0.25) is 0 Å². The maximum atomic E-state index is 13.3. The molecule has 1 rings (SSSR count). The molecule has 0 fully saturated rings. The minimum Gasteiger partial charge on any atom is -0.462 e. The zero-order valence-electron chi connectivity index (χ0n) is 12.4. The lowest BCUT2D eigenvalue weighted by Crippen LogP contribution is -2.19. The fourth-order valence-electron chi connectivity index (χ4n) is 1.82. The monoisotopic (exact) mass is 296 g/mol. The van der Waals surface area contributed by atoms with Crippen molar-refractivity contribution in [2.45, 2.75) is 52.1 Å². The van der Waals surface area contributed by atoms with Crippen molar-refractivity contribution < 1.29 is 23.5 Å². The highest BCUT2D eigenvalue weighted by atomic mass is 19.1. The van der Waals surface area contributed by atoms with Gasteiger partial charge in [-0.15, -0.1) is 0 Å². The molecule has 5 heteroatoms. The minimum absolute atomic E-state index is 0.0620. The molecule has 0 aliphatic rings. The molecule has 1 unspecified atom stereocenters. The van der Waals surface area contributed by atoms with Gasteiger partial charge < -0.3 is 9.47 Å². The SMILES string of the molecule is CCCC(CC)OC(=O)CCC(=O)Oc1ccccc1F. The largest absolute Gasteiger partial charge is 0.462 e. The highest BCUT2D eigenvalue weighted by Gasteiger charge is 2.15. The lowest BCUT2D eigenvalue weighted by molar-refractivity contribution is -0.152. The highest BCUT2D eigenvalue weighted by Crippen LogP contribution is 2.16. The average molecular weight is 296 g/mol. The number of hydrogen-bond acceptors (Lipinski definition) is 4. The van der Waals surface area contributed by atoms with Crippen molar-refractivity contribution in [2.24, 2.45) is 0 Å². The topological polar surface area (TPSA) is 52.6 Å². The Hall–Kier alpha value is -1.91. The summed E-state index contributed by atoms with van der Waals surface area (Å²) in [6.45, 7) is 3.96. The van der Waals surface area contributed by atoms with E-state index in [1.54, 1.807) is 6.07 Å². The van der Waals surface area contributed by atoms with Crippen molar-refractivity contribution in [1.29, 1.82) is 0 Å². The number of carbonyl (C=O) groups excluding carboxylic acids is 2. The molecule has 116 valence electrons. The normalized spacial score (nSPS) is 11.8. The van der Waals surface area contributed by atoms with Crippen LogP contribution < -0.4 is 4.74 Å². The second-order valence-electron chi connectivity index (χ2n) is 4.71. The molecule has 0 aliphatic heterocycles. The molecule has 0 saturated heterocycles. The summed E-state index contributed by atoms with van der Waals surface area (Å²) in [6, 6.07) is 5.63. The summed E-state index contributed by atoms with van der Waals surface area (Å²) in [6.07, 6.45) is 2.19. The predicted molar refractivity (Wildman–Crippen MR) is 76.3 cm³/mol. The summed E-state index contributed by atoms with van der Waals surface area (Å²) >= 11 is 0. The van der Waals surface area contributed by atoms with Crippen LogP contribution in [0.1, 0.15) is 46.0 Å². The predicted octanol–water partition coefficient (Wildman–Crippen LogP) is 3.63. The number of esters is 2. The summed E-state index contributed by atoms with van der Waals surface area (Å²) in [5.74, 6) is -1.82. The maximum absolute atomic E-state index is 13.3. The Labute approximate surface area is 124 Å². The van der Waals surface area contributed by atoms with E-state index in [9.17, 15) is 14.0 Å². The fraction of sp³-hybridized carbons (Fsp3) is 0.500. The van der Waals surface area contributed by atoms with Gasteiger partial charge in [-0.25, -0.2) is 4.39 Å². The van der Waals surface area contributed by atoms with E-state index in [0.717, 1.165) is 19.3 Å². The quantitative estimate of drug-likeness (QED) is 0.543. The van der Waals surface area contributed by atoms with Gasteiger partial charge in [0.05, 0.1) is 12.8 Å². The van der Waals surface area contributed by atoms with E-state index in [4.69, 9.17) is 9.47 Å². The molecular weight excluding hydrogens is 275 g/mol. The number of para-hydroxylation sites is 1. The summed E-state index contributed by atoms with van der Waals surface area (Å²) in [4.78, 5) is 23.2. The molecule has 21 heavy (non-hydrogen) atoms. The summed E-state index contributed by atoms with van der Waals surface area (Å²) < 4.78 is 23.4. The molecule has 0 bridgehead atoms. The molecular formula is C16H21FO4. The number of hydrogen-bond donors (Lipinski definition) is 0. The number of benzene rings is 1. The van der Waals surface area contributed by atoms with Crippen molar-refractivity contribution >= 4 is 11.9 Å². The first-order valence-corrected chi connectivity index (χ1v) is 7.21. The molecule has 4 nitrogen and oxygen atoms in total. The number of ether oxygens (including phenoxy) is 2. The Kier molecular flexibility index (Phi) is 7.43. The highest BCUT2D eigenvalue weighted by molar-refractivity contribution is 5.79. The van der Waals surface area contributed by atoms with E-state index < -0.39 is 17.8 Å². The standard InChI is InChI=1S/C16H21FO4/c1-3-7-12(4-2)20-15(18)10-11-16(19)21-14-9-6-5-8-13(14)17/h5-6,8-9,12H,3-4,7,10-11H2,1-2H3. The van der Waals surface area contributed by atoms with Crippen LogP contribution >= 0.6 is 0 Å². The minimum atomic E-state index is -0.652. The first-order chi connectivity index (χ1) is 10.1. The molecule has 0 amide bonds. The molecule has 0 aromatic heterocycles. The average Bonchev–Trinajstić information content (AvgIpc) is 2.47. The van der Waals surface area contributed by atoms with Crippen LogP contribution in [0.3, 0.4) is 0 Å². The number of rotatable bonds is 8. The Morgan fingerprint density at radius 1 is 1.14 bits per heavy atom. The second-order valence-corrected chi connectivity index (χ2v) is 4.71. The van der Waals surface area contributed by atoms with Crippen LogP contribution in [0.4, 0.5) is 4.39 Å². The van der Waals surface area contributed by atoms with E-state index in [0.29, 0.717) is 0 Å². The van der Waals surface area contributed by atoms with Crippen LogP contribution in [0, 0.1) is 5.82 Å². The van der Waals surface area contributed by atoms with Crippen LogP contribution in [0.25, 0.3) is 0 Å². The van der Waals surface area contributed by atoms with Crippen molar-refractivity contribution in [2.75, 3.05) is 0 Å². The maximum Gasteiger partial charge on any atom is 0.311 e. The van der Waals surface area contributed by atoms with E-state index in [2.05, 4.69) is 0 Å². The van der Waals surface area contributed by atoms with Crippen molar-refractivity contribution in [3.8, 4) is 5.75 Å². The van der Waals surface area contributed by atoms with Crippen molar-refractivity contribution in [1.82, 2.24) is 0 Å². The molecule has 1 aromatic rings. The summed E-state index contributed by atoms with van der Waals surface area (Å²) in [5.41, 5.74) is 0. The van der Waals surface area contributed by atoms with Crippen LogP contribution in [0.5, 0.6) is 5.75 Å². The third-order valence-corrected chi connectivity index (χ3v) is 2.96. The molecule has 0 aliphatic carbocycles. The number of halogens is 1. The van der Waals surface area contributed by atoms with E-state index in [-0.39, 0.29) is 24.7 Å². The molecule has 0 spiro atoms. The first-order valence-electron chi connectivity index (χ1n) is 7.21. The second kappa shape index (κ2) is 9.10. The Morgan fingerprint density at radius 3 is 2.43 bits per heavy atom. The Balaban J connectivity index is 2.36. The van der Waals surface area contributed by atoms with Crippen molar-refractivity contribution in [3.63, 3.8) is 0 Å². The van der Waals surface area contributed by atoms with Gasteiger partial charge in [-0.05, 0) is 25.0 Å². The van der Waals surface area contributed by atoms with Crippen LogP contribution in [-0.4, -0.2) is 18.0 Å². The first kappa shape index (κ1) is 17.1. The zero-order valence-corrected chi connectivity index (χ0v) is 12.4. The van der Waals surface area contributed by atoms with Gasteiger partial charge >= 0.3 is 11.9 Å². The van der Waals surface area contributed by atoms with E-state index in [1.165, 1.54) is 18.2 Å². The van der Waals surface area contributed by atoms with Crippen LogP contribution in [-0.2, 0) is 14.3 Å². The fourth-order valence-corrected chi connectivity index (χ4v) is 1.82. The van der Waals surface area contributed by atoms with Crippen LogP contribution in [0.15, 0.2) is 24.3 Å². The third kappa shape index (κ3) is 6.38. The molecule has 0 saturated carbocycles. The van der Waals surface area contributed by atoms with Gasteiger partial charge in [0.2, 0.25) is 0 Å². The van der Waals surface area contributed by atoms with Crippen molar-refractivity contribution in [3.05, 3.63) is 30.1 Å². The molecule has 0 radical (unpaired) electrons. The third-order valence-electron chi connectivity index (χ3n) is 2.96. The lowest BCUT2D eigenvalue weighted by Gasteiger charge is -2.14. The Morgan fingerprint density at radius 2 is 1.81 bits per heavy atom. The number of carbonyl (C=O) groups is 2. The van der Waals surface area contributed by atoms with Gasteiger partial charge in [0.1, 0.15) is 6.10 Å². The van der Waals surface area contributed by atoms with Gasteiger partial charge in [0.15, 0.2) is 11.6 Å². The lowest BCUT2D eigenvalue weighted by atomic mass is 10.1. The van der Waals surface area contributed by atoms with Gasteiger partial charge in [0.25, 0.3) is 0 Å². The smallest absolute Gasteiger partial charge is 0.311 e. The molecule has 0 N–H and O–H groups in total. The zero-order chi connectivity index (χ0) is 15.7.